The zero-order valence-corrected chi connectivity index (χ0v) is 23.5. The van der Waals surface area contributed by atoms with Crippen LogP contribution in [0.4, 0.5) is 5.82 Å². The maximum Gasteiger partial charge on any atom is 0.359 e. The lowest BCUT2D eigenvalue weighted by atomic mass is 10.1. The number of aliphatic hydroxyl groups excluding tert-OH is 3. The number of hydrazine groups is 2. The topological polar surface area (TPSA) is 241 Å². The van der Waals surface area contributed by atoms with Gasteiger partial charge in [-0.2, -0.15) is 15.1 Å². The molecule has 0 amide bonds. The lowest BCUT2D eigenvalue weighted by molar-refractivity contribution is -0.107. The van der Waals surface area contributed by atoms with Gasteiger partial charge < -0.3 is 39.9 Å². The monoisotopic (exact) mass is 625 g/mol. The van der Waals surface area contributed by atoms with Gasteiger partial charge in [0.25, 0.3) is 0 Å². The molecule has 9 N–H and O–H groups in total. The molecule has 6 rings (SSSR count). The Labute approximate surface area is 243 Å². The molecule has 1 aliphatic carbocycles. The maximum atomic E-state index is 12.4. The van der Waals surface area contributed by atoms with Crippen molar-refractivity contribution in [2.75, 3.05) is 18.5 Å². The molecule has 0 bridgehead atoms. The predicted molar refractivity (Wildman–Crippen MR) is 147 cm³/mol. The van der Waals surface area contributed by atoms with Gasteiger partial charge in [-0.1, -0.05) is 24.3 Å². The van der Waals surface area contributed by atoms with Gasteiger partial charge in [0.1, 0.15) is 30.0 Å². The second kappa shape index (κ2) is 11.3. The fourth-order valence-corrected chi connectivity index (χ4v) is 6.32. The van der Waals surface area contributed by atoms with Crippen LogP contribution in [-0.2, 0) is 20.5 Å². The summed E-state index contributed by atoms with van der Waals surface area (Å²) in [5.41, 5.74) is 9.95. The number of rotatable bonds is 10. The number of aromatic nitrogens is 4. The van der Waals surface area contributed by atoms with Gasteiger partial charge in [-0.25, -0.2) is 10.2 Å². The number of anilines is 1. The SMILES string of the molecule is O=P(O)(O)[C@](CO)(CC1=NNNN1)OC[C@H]1O[C@@H](n2ncc3c(NC4CCc5ccccc54)nc(Cl)nc32)[C@H](O)[C@@H]1O. The highest BCUT2D eigenvalue weighted by molar-refractivity contribution is 7.53. The Hall–Kier alpha value is -2.96. The minimum absolute atomic E-state index is 0.00633. The van der Waals surface area contributed by atoms with Crippen LogP contribution < -0.4 is 21.8 Å². The Bertz CT molecular complexity index is 1560. The van der Waals surface area contributed by atoms with E-state index in [-0.39, 0.29) is 22.8 Å². The summed E-state index contributed by atoms with van der Waals surface area (Å²) in [7, 11) is -5.10. The highest BCUT2D eigenvalue weighted by atomic mass is 35.5. The first-order chi connectivity index (χ1) is 20.1. The summed E-state index contributed by atoms with van der Waals surface area (Å²) in [5.74, 6) is 0.496. The number of benzene rings is 1. The molecule has 0 saturated carbocycles. The molecule has 226 valence electrons. The third-order valence-electron chi connectivity index (χ3n) is 7.64. The van der Waals surface area contributed by atoms with E-state index in [1.807, 2.05) is 12.1 Å². The van der Waals surface area contributed by atoms with Crippen LogP contribution >= 0.6 is 19.2 Å². The molecule has 2 aliphatic heterocycles. The molecule has 2 aromatic heterocycles. The number of amidine groups is 1. The molecule has 0 radical (unpaired) electrons. The number of nitrogens with one attached hydrogen (secondary N) is 4. The quantitative estimate of drug-likeness (QED) is 0.101. The standard InChI is InChI=1S/C23H29ClN9O8P/c24-22-27-19(26-14-6-5-11-3-1-2-4-12(11)14)13-8-25-33(20(13)28-22)21-18(36)17(35)15(41-21)9-40-23(10-34,42(37,38)39)7-16-29-31-32-30-16/h1-4,8,14-15,17-18,21,31-32,34-36H,5-7,9-10H2,(H,29,30)(H,26,27,28)(H2,37,38,39)/t14?,15-,17-,18-,21-,23+/m1/s1. The van der Waals surface area contributed by atoms with Crippen molar-refractivity contribution in [2.45, 2.75) is 55.2 Å². The molecule has 19 heteroatoms. The number of fused-ring (bicyclic) bond motifs is 2. The van der Waals surface area contributed by atoms with E-state index < -0.39 is 57.1 Å². The van der Waals surface area contributed by atoms with Crippen LogP contribution in [0.25, 0.3) is 11.0 Å². The van der Waals surface area contributed by atoms with E-state index in [0.29, 0.717) is 11.2 Å². The van der Waals surface area contributed by atoms with Gasteiger partial charge in [-0.15, -0.1) is 10.6 Å². The van der Waals surface area contributed by atoms with Crippen LogP contribution in [0.15, 0.2) is 35.6 Å². The summed E-state index contributed by atoms with van der Waals surface area (Å²) < 4.78 is 25.0. The van der Waals surface area contributed by atoms with Crippen LogP contribution in [0.3, 0.4) is 0 Å². The molecule has 6 atom stereocenters. The van der Waals surface area contributed by atoms with Crippen LogP contribution in [0.1, 0.15) is 36.2 Å². The Morgan fingerprint density at radius 1 is 1.24 bits per heavy atom. The molecule has 1 saturated heterocycles. The van der Waals surface area contributed by atoms with Crippen molar-refractivity contribution in [1.82, 2.24) is 36.2 Å². The third kappa shape index (κ3) is 5.22. The number of hydrogen-bond acceptors (Lipinski definition) is 14. The average Bonchev–Trinajstić information content (AvgIpc) is 3.75. The molecule has 3 aromatic rings. The van der Waals surface area contributed by atoms with Crippen LogP contribution in [0, 0.1) is 0 Å². The van der Waals surface area contributed by atoms with Crippen molar-refractivity contribution in [2.24, 2.45) is 5.10 Å². The predicted octanol–water partition coefficient (Wildman–Crippen LogP) is -0.603. The molecular formula is C23H29ClN9O8P. The van der Waals surface area contributed by atoms with E-state index in [0.717, 1.165) is 18.4 Å². The third-order valence-corrected chi connectivity index (χ3v) is 9.30. The van der Waals surface area contributed by atoms with E-state index in [1.54, 1.807) is 0 Å². The van der Waals surface area contributed by atoms with Crippen LogP contribution in [-0.4, -0.2) is 87.6 Å². The van der Waals surface area contributed by atoms with Gasteiger partial charge in [-0.3, -0.25) is 9.99 Å². The summed E-state index contributed by atoms with van der Waals surface area (Å²) >= 11 is 6.27. The number of halogens is 1. The molecule has 0 spiro atoms. The molecule has 1 aromatic carbocycles. The van der Waals surface area contributed by atoms with Gasteiger partial charge in [0.2, 0.25) is 5.28 Å². The largest absolute Gasteiger partial charge is 0.393 e. The number of hydrogen-bond donors (Lipinski definition) is 9. The molecule has 1 unspecified atom stereocenters. The summed E-state index contributed by atoms with van der Waals surface area (Å²) in [6.07, 6.45) is -2.84. The van der Waals surface area contributed by atoms with Crippen molar-refractivity contribution in [3.63, 3.8) is 0 Å². The summed E-state index contributed by atoms with van der Waals surface area (Å²) in [5, 5.41) is 41.1. The average molecular weight is 626 g/mol. The summed E-state index contributed by atoms with van der Waals surface area (Å²) in [6.45, 7) is -1.68. The number of ether oxygens (including phenoxy) is 2. The van der Waals surface area contributed by atoms with E-state index >= 15 is 0 Å². The Morgan fingerprint density at radius 2 is 2.05 bits per heavy atom. The maximum absolute atomic E-state index is 12.4. The van der Waals surface area contributed by atoms with Crippen LogP contribution in [0.2, 0.25) is 5.28 Å². The van der Waals surface area contributed by atoms with E-state index in [4.69, 9.17) is 21.1 Å². The minimum atomic E-state index is -5.10. The number of hydrazone groups is 1. The fraction of sp³-hybridized carbons (Fsp3) is 0.478. The lowest BCUT2D eigenvalue weighted by Crippen LogP contribution is -2.45. The van der Waals surface area contributed by atoms with Crippen molar-refractivity contribution in [3.05, 3.63) is 46.9 Å². The van der Waals surface area contributed by atoms with Crippen molar-refractivity contribution in [3.8, 4) is 0 Å². The molecule has 4 heterocycles. The van der Waals surface area contributed by atoms with E-state index in [9.17, 15) is 29.7 Å². The smallest absolute Gasteiger partial charge is 0.359 e. The number of aliphatic hydroxyl groups is 3. The number of aryl methyl sites for hydroxylation is 1. The Balaban J connectivity index is 1.22. The van der Waals surface area contributed by atoms with Crippen LogP contribution in [0.5, 0.6) is 0 Å². The van der Waals surface area contributed by atoms with Gasteiger partial charge in [-0.05, 0) is 35.6 Å². The molecule has 17 nitrogen and oxygen atoms in total. The second-order valence-corrected chi connectivity index (χ2v) is 12.4. The fourth-order valence-electron chi connectivity index (χ4n) is 5.37. The molecular weight excluding hydrogens is 597 g/mol. The Morgan fingerprint density at radius 3 is 2.79 bits per heavy atom. The van der Waals surface area contributed by atoms with Gasteiger partial charge in [0.15, 0.2) is 17.2 Å². The van der Waals surface area contributed by atoms with Crippen molar-refractivity contribution < 1.29 is 39.1 Å². The number of nitrogens with zero attached hydrogens (tertiary/aromatic N) is 5. The lowest BCUT2D eigenvalue weighted by Gasteiger charge is -2.33. The molecule has 1 fully saturated rings. The first-order valence-corrected chi connectivity index (χ1v) is 15.0. The van der Waals surface area contributed by atoms with E-state index in [2.05, 4.69) is 54.1 Å². The normalized spacial score (nSPS) is 26.9. The summed E-state index contributed by atoms with van der Waals surface area (Å²) in [6, 6.07) is 8.10. The van der Waals surface area contributed by atoms with E-state index in [1.165, 1.54) is 16.4 Å². The minimum Gasteiger partial charge on any atom is -0.393 e. The molecule has 42 heavy (non-hydrogen) atoms. The summed E-state index contributed by atoms with van der Waals surface area (Å²) in [4.78, 5) is 28.7. The molecule has 3 aliphatic rings. The zero-order valence-electron chi connectivity index (χ0n) is 21.8. The first kappa shape index (κ1) is 29.1. The highest BCUT2D eigenvalue weighted by Crippen LogP contribution is 2.53. The highest BCUT2D eigenvalue weighted by Gasteiger charge is 2.52. The van der Waals surface area contributed by atoms with Gasteiger partial charge in [0, 0.05) is 0 Å². The van der Waals surface area contributed by atoms with Crippen molar-refractivity contribution in [1.29, 1.82) is 0 Å². The Kier molecular flexibility index (Phi) is 7.82. The van der Waals surface area contributed by atoms with Gasteiger partial charge >= 0.3 is 7.60 Å². The zero-order chi connectivity index (χ0) is 29.6. The first-order valence-electron chi connectivity index (χ1n) is 13.0. The van der Waals surface area contributed by atoms with Crippen molar-refractivity contribution >= 4 is 41.9 Å². The van der Waals surface area contributed by atoms with Gasteiger partial charge in [0.05, 0.1) is 37.3 Å². The second-order valence-electron chi connectivity index (χ2n) is 10.2.